The van der Waals surface area contributed by atoms with E-state index >= 15 is 0 Å². The van der Waals surface area contributed by atoms with Gasteiger partial charge in [0, 0.05) is 16.5 Å². The Morgan fingerprint density at radius 1 is 0.677 bits per heavy atom. The van der Waals surface area contributed by atoms with Gasteiger partial charge in [-0.15, -0.1) is 0 Å². The molecule has 0 aromatic heterocycles. The second-order valence-corrected chi connectivity index (χ2v) is 13.8. The highest BCUT2D eigenvalue weighted by Gasteiger charge is 2.47. The third-order valence-electron chi connectivity index (χ3n) is 8.16. The van der Waals surface area contributed by atoms with Crippen molar-refractivity contribution in [3.05, 3.63) is 78.4 Å². The zero-order chi connectivity index (χ0) is 20.7. The highest BCUT2D eigenvalue weighted by atomic mass is 28.3. The first-order valence-corrected chi connectivity index (χ1v) is 13.9. The number of nitrogens with two attached hydrogens (primary N) is 1. The van der Waals surface area contributed by atoms with Crippen LogP contribution in [0.25, 0.3) is 43.4 Å². The fraction of sp³-hybridized carbons (Fsp3) is 0.172. The number of anilines is 1. The summed E-state index contributed by atoms with van der Waals surface area (Å²) in [7, 11) is -1.69. The minimum Gasteiger partial charge on any atom is -0.398 e. The van der Waals surface area contributed by atoms with Crippen molar-refractivity contribution in [2.75, 3.05) is 5.73 Å². The van der Waals surface area contributed by atoms with E-state index in [2.05, 4.69) is 79.7 Å². The fourth-order valence-corrected chi connectivity index (χ4v) is 12.3. The van der Waals surface area contributed by atoms with Crippen molar-refractivity contribution < 1.29 is 0 Å². The summed E-state index contributed by atoms with van der Waals surface area (Å²) in [4.78, 5) is 0. The average Bonchev–Trinajstić information content (AvgIpc) is 3.41. The molecule has 1 saturated heterocycles. The van der Waals surface area contributed by atoms with Crippen molar-refractivity contribution in [3.63, 3.8) is 0 Å². The molecule has 0 unspecified atom stereocenters. The molecule has 150 valence electrons. The number of rotatable bonds is 0. The second-order valence-electron chi connectivity index (χ2n) is 9.53. The molecular formula is C29H25NSi. The lowest BCUT2D eigenvalue weighted by Crippen LogP contribution is -2.52. The van der Waals surface area contributed by atoms with Gasteiger partial charge >= 0.3 is 0 Å². The molecule has 31 heavy (non-hydrogen) atoms. The minimum atomic E-state index is -1.69. The Balaban J connectivity index is 1.68. The van der Waals surface area contributed by atoms with E-state index in [-0.39, 0.29) is 0 Å². The number of fused-ring (bicyclic) bond motifs is 9. The van der Waals surface area contributed by atoms with E-state index in [1.165, 1.54) is 73.9 Å². The molecule has 0 bridgehead atoms. The molecule has 2 N–H and O–H groups in total. The lowest BCUT2D eigenvalue weighted by Gasteiger charge is -2.24. The van der Waals surface area contributed by atoms with Crippen molar-refractivity contribution in [3.8, 4) is 11.1 Å². The summed E-state index contributed by atoms with van der Waals surface area (Å²) in [6.45, 7) is 2.27. The van der Waals surface area contributed by atoms with Crippen LogP contribution < -0.4 is 16.1 Å². The molecule has 2 aliphatic rings. The maximum absolute atomic E-state index is 6.81. The van der Waals surface area contributed by atoms with Crippen molar-refractivity contribution in [1.29, 1.82) is 0 Å². The summed E-state index contributed by atoms with van der Waals surface area (Å²) in [6.07, 6.45) is 2.74. The number of aryl methyl sites for hydroxylation is 1. The van der Waals surface area contributed by atoms with Crippen LogP contribution in [0.4, 0.5) is 5.69 Å². The lowest BCUT2D eigenvalue weighted by atomic mass is 9.92. The SMILES string of the molecule is Cc1c2ccccc2c(N)c2cc3c(cc12)[Si]1(CCCC1)c1ccc2ccccc2c1-3. The molecule has 2 aliphatic heterocycles. The summed E-state index contributed by atoms with van der Waals surface area (Å²) in [5.74, 6) is 0. The zero-order valence-electron chi connectivity index (χ0n) is 17.8. The van der Waals surface area contributed by atoms with Gasteiger partial charge in [-0.05, 0) is 73.7 Å². The van der Waals surface area contributed by atoms with Gasteiger partial charge in [-0.25, -0.2) is 0 Å². The van der Waals surface area contributed by atoms with E-state index in [9.17, 15) is 0 Å². The Morgan fingerprint density at radius 3 is 2.19 bits per heavy atom. The smallest absolute Gasteiger partial charge is 0.119 e. The van der Waals surface area contributed by atoms with Crippen LogP contribution in [0.15, 0.2) is 72.8 Å². The van der Waals surface area contributed by atoms with Gasteiger partial charge in [-0.3, -0.25) is 0 Å². The second kappa shape index (κ2) is 5.99. The molecule has 2 heterocycles. The van der Waals surface area contributed by atoms with Gasteiger partial charge in [0.2, 0.25) is 0 Å². The Bertz CT molecular complexity index is 1560. The molecular weight excluding hydrogens is 390 g/mol. The Kier molecular flexibility index (Phi) is 3.39. The summed E-state index contributed by atoms with van der Waals surface area (Å²) in [5.41, 5.74) is 12.1. The summed E-state index contributed by atoms with van der Waals surface area (Å²) < 4.78 is 0. The molecule has 1 spiro atoms. The number of benzene rings is 5. The third kappa shape index (κ3) is 2.11. The quantitative estimate of drug-likeness (QED) is 0.177. The summed E-state index contributed by atoms with van der Waals surface area (Å²) in [5, 5.41) is 11.1. The Hall–Kier alpha value is -3.10. The van der Waals surface area contributed by atoms with Gasteiger partial charge in [0.1, 0.15) is 8.07 Å². The van der Waals surface area contributed by atoms with Crippen LogP contribution in [-0.4, -0.2) is 8.07 Å². The number of hydrogen-bond acceptors (Lipinski definition) is 1. The van der Waals surface area contributed by atoms with Gasteiger partial charge < -0.3 is 5.73 Å². The molecule has 7 rings (SSSR count). The average molecular weight is 416 g/mol. The van der Waals surface area contributed by atoms with Crippen molar-refractivity contribution in [1.82, 2.24) is 0 Å². The fourth-order valence-electron chi connectivity index (χ4n) is 6.69. The van der Waals surface area contributed by atoms with E-state index in [1.807, 2.05) is 0 Å². The van der Waals surface area contributed by atoms with Gasteiger partial charge in [-0.2, -0.15) is 0 Å². The molecule has 1 nitrogen and oxygen atoms in total. The van der Waals surface area contributed by atoms with Crippen LogP contribution in [0.5, 0.6) is 0 Å². The first-order valence-electron chi connectivity index (χ1n) is 11.5. The highest BCUT2D eigenvalue weighted by molar-refractivity contribution is 7.06. The normalized spacial score (nSPS) is 16.4. The largest absolute Gasteiger partial charge is 0.398 e. The van der Waals surface area contributed by atoms with Crippen LogP contribution in [0.3, 0.4) is 0 Å². The molecule has 5 aromatic carbocycles. The summed E-state index contributed by atoms with van der Waals surface area (Å²) >= 11 is 0. The van der Waals surface area contributed by atoms with E-state index in [4.69, 9.17) is 5.73 Å². The van der Waals surface area contributed by atoms with Crippen LogP contribution in [0.2, 0.25) is 12.1 Å². The summed E-state index contributed by atoms with van der Waals surface area (Å²) in [6, 6.07) is 30.2. The van der Waals surface area contributed by atoms with Crippen LogP contribution in [0, 0.1) is 6.92 Å². The molecule has 0 radical (unpaired) electrons. The van der Waals surface area contributed by atoms with Gasteiger partial charge in [0.15, 0.2) is 0 Å². The molecule has 0 aliphatic carbocycles. The lowest BCUT2D eigenvalue weighted by molar-refractivity contribution is 0.935. The van der Waals surface area contributed by atoms with Gasteiger partial charge in [-0.1, -0.05) is 79.6 Å². The van der Waals surface area contributed by atoms with Crippen molar-refractivity contribution in [2.24, 2.45) is 0 Å². The molecule has 0 atom stereocenters. The molecule has 1 fully saturated rings. The highest BCUT2D eigenvalue weighted by Crippen LogP contribution is 2.44. The standard InChI is InChI=1S/C29H25NSi/c1-18-20-9-4-5-11-22(20)29(30)24-16-25-27(17-23(18)24)31(14-6-7-15-31)26-13-12-19-8-2-3-10-21(19)28(25)26/h2-5,8-13,16-17H,6-7,14-15,30H2,1H3. The van der Waals surface area contributed by atoms with E-state index in [1.54, 1.807) is 10.4 Å². The number of hydrogen-bond donors (Lipinski definition) is 1. The Labute approximate surface area is 183 Å². The minimum absolute atomic E-state index is 0.926. The molecule has 0 amide bonds. The van der Waals surface area contributed by atoms with Crippen molar-refractivity contribution >= 4 is 56.5 Å². The monoisotopic (exact) mass is 415 g/mol. The maximum atomic E-state index is 6.81. The van der Waals surface area contributed by atoms with E-state index in [0.29, 0.717) is 0 Å². The molecule has 5 aromatic rings. The Morgan fingerprint density at radius 2 is 1.39 bits per heavy atom. The van der Waals surface area contributed by atoms with Crippen LogP contribution in [-0.2, 0) is 0 Å². The van der Waals surface area contributed by atoms with Gasteiger partial charge in [0.25, 0.3) is 0 Å². The first kappa shape index (κ1) is 17.6. The maximum Gasteiger partial charge on any atom is 0.119 e. The van der Waals surface area contributed by atoms with E-state index in [0.717, 1.165) is 5.69 Å². The molecule has 0 saturated carbocycles. The third-order valence-corrected chi connectivity index (χ3v) is 13.5. The van der Waals surface area contributed by atoms with Crippen LogP contribution >= 0.6 is 0 Å². The topological polar surface area (TPSA) is 26.0 Å². The molecule has 2 heteroatoms. The first-order chi connectivity index (χ1) is 15.2. The van der Waals surface area contributed by atoms with E-state index < -0.39 is 8.07 Å². The predicted molar refractivity (Wildman–Crippen MR) is 137 cm³/mol. The number of nitrogen functional groups attached to an aromatic ring is 1. The zero-order valence-corrected chi connectivity index (χ0v) is 18.8. The van der Waals surface area contributed by atoms with Crippen molar-refractivity contribution in [2.45, 2.75) is 31.9 Å². The predicted octanol–water partition coefficient (Wildman–Crippen LogP) is 6.37. The van der Waals surface area contributed by atoms with Crippen LogP contribution in [0.1, 0.15) is 18.4 Å². The van der Waals surface area contributed by atoms with Gasteiger partial charge in [0.05, 0.1) is 0 Å².